The Morgan fingerprint density at radius 2 is 1.55 bits per heavy atom. The molecule has 10 heteroatoms. The van der Waals surface area contributed by atoms with Gasteiger partial charge in [-0.25, -0.2) is 12.8 Å². The average Bonchev–Trinajstić information content (AvgIpc) is 2.96. The van der Waals surface area contributed by atoms with E-state index >= 15 is 0 Å². The zero-order valence-electron chi connectivity index (χ0n) is 24.8. The molecule has 0 saturated carbocycles. The lowest BCUT2D eigenvalue weighted by Gasteiger charge is -2.33. The molecule has 0 heterocycles. The predicted octanol–water partition coefficient (Wildman–Crippen LogP) is 5.31. The van der Waals surface area contributed by atoms with Crippen molar-refractivity contribution < 1.29 is 27.1 Å². The van der Waals surface area contributed by atoms with E-state index in [1.165, 1.54) is 41.3 Å². The molecule has 0 aromatic heterocycles. The normalized spacial score (nSPS) is 12.1. The minimum atomic E-state index is -4.27. The fourth-order valence-corrected chi connectivity index (χ4v) is 5.78. The molecule has 0 aliphatic carbocycles. The van der Waals surface area contributed by atoms with Gasteiger partial charge in [0.25, 0.3) is 10.0 Å². The summed E-state index contributed by atoms with van der Waals surface area (Å²) in [5.41, 5.74) is 1.96. The van der Waals surface area contributed by atoms with Crippen molar-refractivity contribution in [3.05, 3.63) is 89.7 Å². The summed E-state index contributed by atoms with van der Waals surface area (Å²) >= 11 is 0. The fraction of sp³-hybridized carbons (Fsp3) is 0.375. The molecular weight excluding hydrogens is 557 g/mol. The van der Waals surface area contributed by atoms with Gasteiger partial charge in [-0.3, -0.25) is 13.9 Å². The Labute approximate surface area is 248 Å². The number of carbonyl (C=O) groups is 2. The lowest BCUT2D eigenvalue weighted by Crippen LogP contribution is -2.52. The Hall–Kier alpha value is -3.92. The second-order valence-electron chi connectivity index (χ2n) is 10.5. The number of hydrogen-bond donors (Lipinski definition) is 1. The fourth-order valence-electron chi connectivity index (χ4n) is 4.37. The molecule has 0 aliphatic heterocycles. The largest absolute Gasteiger partial charge is 0.494 e. The highest BCUT2D eigenvalue weighted by atomic mass is 32.2. The predicted molar refractivity (Wildman–Crippen MR) is 162 cm³/mol. The molecule has 0 bridgehead atoms. The third kappa shape index (κ3) is 8.55. The van der Waals surface area contributed by atoms with E-state index in [1.807, 2.05) is 58.9 Å². The van der Waals surface area contributed by atoms with Crippen molar-refractivity contribution in [2.24, 2.45) is 5.92 Å². The van der Waals surface area contributed by atoms with Gasteiger partial charge in [-0.1, -0.05) is 50.6 Å². The number of aryl methyl sites for hydroxylation is 1. The Morgan fingerprint density at radius 3 is 2.10 bits per heavy atom. The summed E-state index contributed by atoms with van der Waals surface area (Å²) < 4.78 is 48.1. The Bertz CT molecular complexity index is 1430. The summed E-state index contributed by atoms with van der Waals surface area (Å²) in [6.07, 6.45) is 0.323. The number of amides is 2. The summed E-state index contributed by atoms with van der Waals surface area (Å²) in [4.78, 5) is 28.7. The van der Waals surface area contributed by atoms with E-state index in [9.17, 15) is 22.4 Å². The molecule has 1 N–H and O–H groups in total. The topological polar surface area (TPSA) is 96.0 Å². The first-order chi connectivity index (χ1) is 20.0. The average molecular weight is 598 g/mol. The van der Waals surface area contributed by atoms with Gasteiger partial charge in [0.05, 0.1) is 17.2 Å². The number of rotatable bonds is 14. The number of nitrogens with one attached hydrogen (secondary N) is 1. The van der Waals surface area contributed by atoms with Crippen LogP contribution >= 0.6 is 0 Å². The van der Waals surface area contributed by atoms with E-state index in [0.717, 1.165) is 27.6 Å². The number of anilines is 1. The van der Waals surface area contributed by atoms with Crippen LogP contribution in [0.4, 0.5) is 10.1 Å². The van der Waals surface area contributed by atoms with E-state index < -0.39 is 34.3 Å². The first kappa shape index (κ1) is 32.6. The van der Waals surface area contributed by atoms with Crippen LogP contribution in [0.1, 0.15) is 45.2 Å². The SMILES string of the molecule is CCOc1ccc(S(=O)(=O)N(CC(=O)N(Cc2ccc(C)cc2)[C@H](CC)C(=O)NCC(C)C)c2ccc(F)cc2)cc1. The van der Waals surface area contributed by atoms with E-state index in [2.05, 4.69) is 5.32 Å². The number of sulfonamides is 1. The van der Waals surface area contributed by atoms with Gasteiger partial charge in [0, 0.05) is 13.1 Å². The molecule has 0 saturated heterocycles. The monoisotopic (exact) mass is 597 g/mol. The quantitative estimate of drug-likeness (QED) is 0.272. The van der Waals surface area contributed by atoms with Gasteiger partial charge in [0.15, 0.2) is 0 Å². The van der Waals surface area contributed by atoms with Gasteiger partial charge >= 0.3 is 0 Å². The van der Waals surface area contributed by atoms with Gasteiger partial charge in [-0.15, -0.1) is 0 Å². The molecule has 8 nitrogen and oxygen atoms in total. The van der Waals surface area contributed by atoms with Crippen molar-refractivity contribution in [1.82, 2.24) is 10.2 Å². The molecule has 0 aliphatic rings. The van der Waals surface area contributed by atoms with E-state index in [1.54, 1.807) is 0 Å². The second kappa shape index (κ2) is 14.8. The van der Waals surface area contributed by atoms with Crippen LogP contribution in [0.3, 0.4) is 0 Å². The smallest absolute Gasteiger partial charge is 0.264 e. The Balaban J connectivity index is 2.03. The van der Waals surface area contributed by atoms with Crippen LogP contribution in [0.25, 0.3) is 0 Å². The maximum atomic E-state index is 14.1. The zero-order valence-corrected chi connectivity index (χ0v) is 25.7. The minimum absolute atomic E-state index is 0.0603. The van der Waals surface area contributed by atoms with Crippen LogP contribution in [0.2, 0.25) is 0 Å². The third-order valence-corrected chi connectivity index (χ3v) is 8.45. The summed E-state index contributed by atoms with van der Waals surface area (Å²) in [6, 6.07) is 17.5. The van der Waals surface area contributed by atoms with Crippen molar-refractivity contribution in [2.75, 3.05) is 24.0 Å². The molecule has 226 valence electrons. The van der Waals surface area contributed by atoms with Crippen LogP contribution in [0.15, 0.2) is 77.7 Å². The van der Waals surface area contributed by atoms with Crippen LogP contribution in [0, 0.1) is 18.7 Å². The number of benzene rings is 3. The van der Waals surface area contributed by atoms with Crippen LogP contribution in [-0.2, 0) is 26.2 Å². The first-order valence-corrected chi connectivity index (χ1v) is 15.5. The van der Waals surface area contributed by atoms with E-state index in [0.29, 0.717) is 25.3 Å². The summed E-state index contributed by atoms with van der Waals surface area (Å²) in [5.74, 6) is -0.711. The highest BCUT2D eigenvalue weighted by Crippen LogP contribution is 2.26. The maximum Gasteiger partial charge on any atom is 0.264 e. The highest BCUT2D eigenvalue weighted by Gasteiger charge is 2.33. The van der Waals surface area contributed by atoms with E-state index in [-0.39, 0.29) is 29.0 Å². The number of ether oxygens (including phenoxy) is 1. The molecule has 0 spiro atoms. The van der Waals surface area contributed by atoms with Crippen molar-refractivity contribution >= 4 is 27.5 Å². The second-order valence-corrected chi connectivity index (χ2v) is 12.3. The van der Waals surface area contributed by atoms with Crippen molar-refractivity contribution in [2.45, 2.75) is 58.5 Å². The van der Waals surface area contributed by atoms with Crippen LogP contribution in [-0.4, -0.2) is 50.9 Å². The lowest BCUT2D eigenvalue weighted by molar-refractivity contribution is -0.140. The summed E-state index contributed by atoms with van der Waals surface area (Å²) in [5, 5.41) is 2.91. The van der Waals surface area contributed by atoms with Crippen molar-refractivity contribution in [3.63, 3.8) is 0 Å². The standard InChI is InChI=1S/C32H40FN3O5S/c1-6-30(32(38)34-20-23(3)4)35(21-25-10-8-24(5)9-11-25)31(37)22-36(27-14-12-26(33)13-15-27)42(39,40)29-18-16-28(17-19-29)41-7-2/h8-19,23,30H,6-7,20-22H2,1-5H3,(H,34,38)/t30-/m1/s1. The number of nitrogens with zero attached hydrogens (tertiary/aromatic N) is 2. The number of carbonyl (C=O) groups excluding carboxylic acids is 2. The molecule has 42 heavy (non-hydrogen) atoms. The van der Waals surface area contributed by atoms with Crippen molar-refractivity contribution in [3.8, 4) is 5.75 Å². The van der Waals surface area contributed by atoms with Crippen LogP contribution < -0.4 is 14.4 Å². The molecule has 2 amide bonds. The Morgan fingerprint density at radius 1 is 0.929 bits per heavy atom. The van der Waals surface area contributed by atoms with Crippen molar-refractivity contribution in [1.29, 1.82) is 0 Å². The molecule has 0 unspecified atom stereocenters. The molecule has 3 aromatic carbocycles. The van der Waals surface area contributed by atoms with Crippen LogP contribution in [0.5, 0.6) is 5.75 Å². The molecule has 0 fully saturated rings. The zero-order chi connectivity index (χ0) is 30.9. The highest BCUT2D eigenvalue weighted by molar-refractivity contribution is 7.92. The molecule has 1 atom stereocenters. The van der Waals surface area contributed by atoms with E-state index in [4.69, 9.17) is 4.74 Å². The van der Waals surface area contributed by atoms with Gasteiger partial charge in [-0.05, 0) is 80.3 Å². The van der Waals surface area contributed by atoms with Gasteiger partial charge in [0.2, 0.25) is 11.8 Å². The molecule has 3 rings (SSSR count). The van der Waals surface area contributed by atoms with Gasteiger partial charge < -0.3 is 15.0 Å². The maximum absolute atomic E-state index is 14.1. The summed E-state index contributed by atoms with van der Waals surface area (Å²) in [7, 11) is -4.27. The number of halogens is 1. The van der Waals surface area contributed by atoms with Gasteiger partial charge in [-0.2, -0.15) is 0 Å². The Kier molecular flexibility index (Phi) is 11.5. The number of hydrogen-bond acceptors (Lipinski definition) is 5. The first-order valence-electron chi connectivity index (χ1n) is 14.1. The molecular formula is C32H40FN3O5S. The summed E-state index contributed by atoms with van der Waals surface area (Å²) in [6.45, 7) is 9.90. The lowest BCUT2D eigenvalue weighted by atomic mass is 10.1. The molecule has 0 radical (unpaired) electrons. The minimum Gasteiger partial charge on any atom is -0.494 e. The third-order valence-electron chi connectivity index (χ3n) is 6.66. The van der Waals surface area contributed by atoms with Gasteiger partial charge in [0.1, 0.15) is 24.2 Å². The molecule has 3 aromatic rings.